The van der Waals surface area contributed by atoms with Gasteiger partial charge in [0.05, 0.1) is 28.3 Å². The first-order chi connectivity index (χ1) is 11.4. The average Bonchev–Trinajstić information content (AvgIpc) is 2.96. The van der Waals surface area contributed by atoms with Crippen molar-refractivity contribution in [3.8, 4) is 27.4 Å². The number of hydrogen-bond donors (Lipinski definition) is 0. The molecule has 1 aromatic heterocycles. The SMILES string of the molecule is COc1ccc(-c2nc(C)sc2-c2ccc(C(F)(F)F)cc2)cc1. The molecule has 1 heterocycles. The molecule has 0 saturated carbocycles. The maximum Gasteiger partial charge on any atom is 0.416 e. The van der Waals surface area contributed by atoms with Crippen molar-refractivity contribution in [2.24, 2.45) is 0 Å². The van der Waals surface area contributed by atoms with E-state index in [1.165, 1.54) is 23.5 Å². The first-order valence-corrected chi connectivity index (χ1v) is 7.99. The summed E-state index contributed by atoms with van der Waals surface area (Å²) >= 11 is 1.46. The van der Waals surface area contributed by atoms with Crippen LogP contribution in [0, 0.1) is 6.92 Å². The number of rotatable bonds is 3. The lowest BCUT2D eigenvalue weighted by Crippen LogP contribution is -2.03. The molecule has 0 amide bonds. The highest BCUT2D eigenvalue weighted by Gasteiger charge is 2.30. The van der Waals surface area contributed by atoms with Crippen molar-refractivity contribution in [2.45, 2.75) is 13.1 Å². The predicted octanol–water partition coefficient (Wildman–Crippen LogP) is 5.81. The van der Waals surface area contributed by atoms with Crippen LogP contribution in [0.2, 0.25) is 0 Å². The molecule has 3 aromatic rings. The second-order valence-electron chi connectivity index (χ2n) is 5.21. The minimum atomic E-state index is -4.33. The van der Waals surface area contributed by atoms with Gasteiger partial charge in [0, 0.05) is 5.56 Å². The molecule has 2 nitrogen and oxygen atoms in total. The molecule has 124 valence electrons. The number of nitrogens with zero attached hydrogens (tertiary/aromatic N) is 1. The number of alkyl halides is 3. The number of methoxy groups -OCH3 is 1. The minimum Gasteiger partial charge on any atom is -0.497 e. The third-order valence-electron chi connectivity index (χ3n) is 3.57. The molecular formula is C18H14F3NOS. The van der Waals surface area contributed by atoms with Crippen LogP contribution in [-0.4, -0.2) is 12.1 Å². The van der Waals surface area contributed by atoms with Crippen LogP contribution in [0.3, 0.4) is 0 Å². The summed E-state index contributed by atoms with van der Waals surface area (Å²) in [6.45, 7) is 1.88. The summed E-state index contributed by atoms with van der Waals surface area (Å²) in [4.78, 5) is 5.39. The zero-order valence-electron chi connectivity index (χ0n) is 13.0. The molecule has 0 aliphatic carbocycles. The van der Waals surface area contributed by atoms with E-state index < -0.39 is 11.7 Å². The van der Waals surface area contributed by atoms with Crippen LogP contribution in [0.15, 0.2) is 48.5 Å². The van der Waals surface area contributed by atoms with E-state index in [1.807, 2.05) is 31.2 Å². The molecule has 0 saturated heterocycles. The monoisotopic (exact) mass is 349 g/mol. The number of hydrogen-bond acceptors (Lipinski definition) is 3. The Bertz CT molecular complexity index is 836. The molecule has 0 aliphatic heterocycles. The maximum absolute atomic E-state index is 12.7. The number of benzene rings is 2. The van der Waals surface area contributed by atoms with Gasteiger partial charge < -0.3 is 4.74 Å². The molecule has 2 aromatic carbocycles. The molecule has 0 fully saturated rings. The molecule has 24 heavy (non-hydrogen) atoms. The van der Waals surface area contributed by atoms with E-state index >= 15 is 0 Å². The van der Waals surface area contributed by atoms with Crippen molar-refractivity contribution >= 4 is 11.3 Å². The number of aromatic nitrogens is 1. The van der Waals surface area contributed by atoms with E-state index in [2.05, 4.69) is 4.98 Å². The zero-order chi connectivity index (χ0) is 17.3. The fourth-order valence-electron chi connectivity index (χ4n) is 2.38. The molecule has 0 atom stereocenters. The highest BCUT2D eigenvalue weighted by molar-refractivity contribution is 7.15. The molecule has 0 bridgehead atoms. The van der Waals surface area contributed by atoms with Crippen LogP contribution in [0.4, 0.5) is 13.2 Å². The Labute approximate surface area is 141 Å². The molecule has 0 radical (unpaired) electrons. The van der Waals surface area contributed by atoms with Crippen molar-refractivity contribution < 1.29 is 17.9 Å². The Morgan fingerprint density at radius 3 is 2.04 bits per heavy atom. The van der Waals surface area contributed by atoms with Crippen molar-refractivity contribution in [1.29, 1.82) is 0 Å². The zero-order valence-corrected chi connectivity index (χ0v) is 13.8. The van der Waals surface area contributed by atoms with Crippen molar-refractivity contribution in [3.05, 3.63) is 59.1 Å². The average molecular weight is 349 g/mol. The Kier molecular flexibility index (Phi) is 4.32. The highest BCUT2D eigenvalue weighted by atomic mass is 32.1. The topological polar surface area (TPSA) is 22.1 Å². The van der Waals surface area contributed by atoms with Gasteiger partial charge in [-0.3, -0.25) is 0 Å². The predicted molar refractivity (Wildman–Crippen MR) is 89.3 cm³/mol. The fourth-order valence-corrected chi connectivity index (χ4v) is 3.32. The van der Waals surface area contributed by atoms with Crippen LogP contribution in [0.1, 0.15) is 10.6 Å². The normalized spacial score (nSPS) is 11.5. The molecule has 0 unspecified atom stereocenters. The van der Waals surface area contributed by atoms with Gasteiger partial charge in [0.15, 0.2) is 0 Å². The number of ether oxygens (including phenoxy) is 1. The van der Waals surface area contributed by atoms with E-state index in [4.69, 9.17) is 4.74 Å². The van der Waals surface area contributed by atoms with Gasteiger partial charge >= 0.3 is 6.18 Å². The first kappa shape index (κ1) is 16.5. The van der Waals surface area contributed by atoms with E-state index in [0.717, 1.165) is 44.6 Å². The second kappa shape index (κ2) is 6.28. The third-order valence-corrected chi connectivity index (χ3v) is 4.59. The Morgan fingerprint density at radius 2 is 1.50 bits per heavy atom. The standard InChI is InChI=1S/C18H14F3NOS/c1-11-22-16(12-5-9-15(23-2)10-6-12)17(24-11)13-3-7-14(8-4-13)18(19,20)21/h3-10H,1-2H3. The molecular weight excluding hydrogens is 335 g/mol. The second-order valence-corrected chi connectivity index (χ2v) is 6.42. The third kappa shape index (κ3) is 3.28. The highest BCUT2D eigenvalue weighted by Crippen LogP contribution is 2.38. The van der Waals surface area contributed by atoms with E-state index in [-0.39, 0.29) is 0 Å². The number of thiazole rings is 1. The first-order valence-electron chi connectivity index (χ1n) is 7.18. The molecule has 0 aliphatic rings. The molecule has 0 spiro atoms. The van der Waals surface area contributed by atoms with E-state index in [1.54, 1.807) is 7.11 Å². The lowest BCUT2D eigenvalue weighted by molar-refractivity contribution is -0.137. The quantitative estimate of drug-likeness (QED) is 0.595. The van der Waals surface area contributed by atoms with Gasteiger partial charge in [0.25, 0.3) is 0 Å². The van der Waals surface area contributed by atoms with Gasteiger partial charge in [0.2, 0.25) is 0 Å². The van der Waals surface area contributed by atoms with Gasteiger partial charge in [-0.1, -0.05) is 12.1 Å². The Morgan fingerprint density at radius 1 is 0.917 bits per heavy atom. The van der Waals surface area contributed by atoms with Crippen molar-refractivity contribution in [2.75, 3.05) is 7.11 Å². The van der Waals surface area contributed by atoms with Crippen LogP contribution in [0.25, 0.3) is 21.7 Å². The number of halogens is 3. The van der Waals surface area contributed by atoms with Gasteiger partial charge in [-0.25, -0.2) is 4.98 Å². The summed E-state index contributed by atoms with van der Waals surface area (Å²) in [7, 11) is 1.59. The molecule has 0 N–H and O–H groups in total. The smallest absolute Gasteiger partial charge is 0.416 e. The summed E-state index contributed by atoms with van der Waals surface area (Å²) in [6.07, 6.45) is -4.33. The van der Waals surface area contributed by atoms with Crippen LogP contribution >= 0.6 is 11.3 Å². The van der Waals surface area contributed by atoms with Crippen LogP contribution in [-0.2, 0) is 6.18 Å². The van der Waals surface area contributed by atoms with Gasteiger partial charge in [-0.15, -0.1) is 11.3 Å². The summed E-state index contributed by atoms with van der Waals surface area (Å²) in [6, 6.07) is 12.6. The van der Waals surface area contributed by atoms with Crippen LogP contribution < -0.4 is 4.74 Å². The summed E-state index contributed by atoms with van der Waals surface area (Å²) in [5, 5.41) is 0.857. The largest absolute Gasteiger partial charge is 0.497 e. The maximum atomic E-state index is 12.7. The van der Waals surface area contributed by atoms with Gasteiger partial charge in [-0.05, 0) is 48.9 Å². The van der Waals surface area contributed by atoms with Gasteiger partial charge in [-0.2, -0.15) is 13.2 Å². The Balaban J connectivity index is 2.02. The van der Waals surface area contributed by atoms with Crippen molar-refractivity contribution in [1.82, 2.24) is 4.98 Å². The fraction of sp³-hybridized carbons (Fsp3) is 0.167. The van der Waals surface area contributed by atoms with Gasteiger partial charge in [0.1, 0.15) is 5.75 Å². The van der Waals surface area contributed by atoms with Crippen molar-refractivity contribution in [3.63, 3.8) is 0 Å². The summed E-state index contributed by atoms with van der Waals surface area (Å²) < 4.78 is 43.3. The summed E-state index contributed by atoms with van der Waals surface area (Å²) in [5.41, 5.74) is 1.73. The molecule has 3 rings (SSSR count). The lowest BCUT2D eigenvalue weighted by atomic mass is 10.1. The Hall–Kier alpha value is -2.34. The van der Waals surface area contributed by atoms with E-state index in [9.17, 15) is 13.2 Å². The molecule has 6 heteroatoms. The number of aryl methyl sites for hydroxylation is 1. The minimum absolute atomic E-state index is 0.654. The summed E-state index contributed by atoms with van der Waals surface area (Å²) in [5.74, 6) is 0.738. The van der Waals surface area contributed by atoms with Crippen LogP contribution in [0.5, 0.6) is 5.75 Å². The van der Waals surface area contributed by atoms with E-state index in [0.29, 0.717) is 0 Å². The lowest BCUT2D eigenvalue weighted by Gasteiger charge is -2.08.